The van der Waals surface area contributed by atoms with Crippen LogP contribution in [0.25, 0.3) is 0 Å². The summed E-state index contributed by atoms with van der Waals surface area (Å²) in [6, 6.07) is 35.2. The quantitative estimate of drug-likeness (QED) is 0.293. The molecule has 6 heteroatoms. The molecule has 188 valence electrons. The van der Waals surface area contributed by atoms with Crippen molar-refractivity contribution in [1.82, 2.24) is 9.80 Å². The maximum absolute atomic E-state index is 12.9. The van der Waals surface area contributed by atoms with E-state index in [0.717, 1.165) is 40.3 Å². The third-order valence-corrected chi connectivity index (χ3v) is 5.97. The predicted octanol–water partition coefficient (Wildman–Crippen LogP) is 6.92. The first-order chi connectivity index (χ1) is 17.8. The number of carbonyl (C=O) groups is 2. The lowest BCUT2D eigenvalue weighted by Gasteiger charge is -2.26. The summed E-state index contributed by atoms with van der Waals surface area (Å²) in [5, 5.41) is 0. The molecule has 0 fully saturated rings. The zero-order valence-electron chi connectivity index (χ0n) is 21.7. The lowest BCUT2D eigenvalue weighted by atomic mass is 10.0. The van der Waals surface area contributed by atoms with Gasteiger partial charge in [0.2, 0.25) is 0 Å². The molecule has 37 heavy (non-hydrogen) atoms. The summed E-state index contributed by atoms with van der Waals surface area (Å²) in [5.74, 6) is 0. The number of hydrogen-bond acceptors (Lipinski definition) is 2. The van der Waals surface area contributed by atoms with Crippen LogP contribution in [0.1, 0.15) is 11.1 Å². The monoisotopic (exact) mass is 492 g/mol. The van der Waals surface area contributed by atoms with Crippen LogP contribution in [0.4, 0.5) is 32.3 Å². The topological polar surface area (TPSA) is 47.1 Å². The van der Waals surface area contributed by atoms with Crippen LogP contribution in [-0.2, 0) is 6.42 Å². The zero-order valence-corrected chi connectivity index (χ0v) is 21.7. The number of hydrogen-bond donors (Lipinski definition) is 0. The highest BCUT2D eigenvalue weighted by atomic mass is 16.2. The van der Waals surface area contributed by atoms with Gasteiger partial charge in [0, 0.05) is 28.2 Å². The second kappa shape index (κ2) is 11.4. The summed E-state index contributed by atoms with van der Waals surface area (Å²) in [4.78, 5) is 32.4. The van der Waals surface area contributed by atoms with Crippen LogP contribution in [-0.4, -0.2) is 50.1 Å². The molecule has 4 rings (SSSR count). The molecule has 0 bridgehead atoms. The van der Waals surface area contributed by atoms with E-state index in [4.69, 9.17) is 0 Å². The van der Waals surface area contributed by atoms with E-state index in [9.17, 15) is 9.59 Å². The van der Waals surface area contributed by atoms with Crippen LogP contribution in [0.15, 0.2) is 109 Å². The first-order valence-corrected chi connectivity index (χ1v) is 12.2. The van der Waals surface area contributed by atoms with Crippen LogP contribution in [0, 0.1) is 0 Å². The Kier molecular flexibility index (Phi) is 7.89. The molecule has 0 aliphatic heterocycles. The molecule has 0 saturated carbocycles. The van der Waals surface area contributed by atoms with E-state index in [1.54, 1.807) is 47.8 Å². The number of anilines is 4. The molecule has 0 aromatic heterocycles. The van der Waals surface area contributed by atoms with E-state index in [-0.39, 0.29) is 12.1 Å². The largest absolute Gasteiger partial charge is 0.330 e. The van der Waals surface area contributed by atoms with Gasteiger partial charge in [-0.25, -0.2) is 9.59 Å². The minimum Gasteiger partial charge on any atom is -0.330 e. The minimum absolute atomic E-state index is 0.107. The lowest BCUT2D eigenvalue weighted by Crippen LogP contribution is -2.35. The van der Waals surface area contributed by atoms with Crippen LogP contribution in [0.2, 0.25) is 0 Å². The first-order valence-electron chi connectivity index (χ1n) is 12.2. The average molecular weight is 493 g/mol. The Labute approximate surface area is 219 Å². The lowest BCUT2D eigenvalue weighted by molar-refractivity contribution is 0.226. The van der Waals surface area contributed by atoms with Crippen molar-refractivity contribution in [2.45, 2.75) is 6.42 Å². The number of carbonyl (C=O) groups excluding carboxylic acids is 2. The Morgan fingerprint density at radius 2 is 0.757 bits per heavy atom. The number of nitrogens with zero attached hydrogens (tertiary/aromatic N) is 4. The van der Waals surface area contributed by atoms with Gasteiger partial charge in [-0.2, -0.15) is 0 Å². The number of benzene rings is 4. The van der Waals surface area contributed by atoms with Crippen LogP contribution < -0.4 is 9.80 Å². The standard InChI is InChI=1S/C31H32N4O2/c1-32(2)30(36)34(26-11-7-5-8-12-26)28-19-15-24(16-20-28)23-25-17-21-29(22-18-25)35(31(37)33(3)4)27-13-9-6-10-14-27/h5-22H,23H2,1-4H3. The van der Waals surface area contributed by atoms with Crippen molar-refractivity contribution >= 4 is 34.8 Å². The maximum atomic E-state index is 12.9. The van der Waals surface area contributed by atoms with E-state index in [1.165, 1.54) is 0 Å². The van der Waals surface area contributed by atoms with Gasteiger partial charge >= 0.3 is 12.1 Å². The SMILES string of the molecule is CN(C)C(=O)N(c1ccccc1)c1ccc(Cc2ccc(N(C(=O)N(C)C)c3ccccc3)cc2)cc1. The third kappa shape index (κ3) is 5.98. The van der Waals surface area contributed by atoms with Crippen molar-refractivity contribution in [2.75, 3.05) is 38.0 Å². The van der Waals surface area contributed by atoms with E-state index in [1.807, 2.05) is 109 Å². The molecule has 0 saturated heterocycles. The Bertz CT molecular complexity index is 1210. The fourth-order valence-corrected chi connectivity index (χ4v) is 4.06. The molecule has 0 aliphatic carbocycles. The Morgan fingerprint density at radius 3 is 1.05 bits per heavy atom. The number of rotatable bonds is 6. The Morgan fingerprint density at radius 1 is 0.459 bits per heavy atom. The van der Waals surface area contributed by atoms with E-state index < -0.39 is 0 Å². The van der Waals surface area contributed by atoms with Gasteiger partial charge in [-0.3, -0.25) is 9.80 Å². The van der Waals surface area contributed by atoms with Gasteiger partial charge in [-0.15, -0.1) is 0 Å². The van der Waals surface area contributed by atoms with Crippen molar-refractivity contribution in [3.8, 4) is 0 Å². The molecule has 0 radical (unpaired) electrons. The van der Waals surface area contributed by atoms with Gasteiger partial charge in [0.25, 0.3) is 0 Å². The van der Waals surface area contributed by atoms with Crippen molar-refractivity contribution in [3.63, 3.8) is 0 Å². The zero-order chi connectivity index (χ0) is 26.4. The summed E-state index contributed by atoms with van der Waals surface area (Å²) >= 11 is 0. The molecule has 0 heterocycles. The highest BCUT2D eigenvalue weighted by Gasteiger charge is 2.21. The molecule has 0 atom stereocenters. The van der Waals surface area contributed by atoms with Gasteiger partial charge < -0.3 is 9.80 Å². The summed E-state index contributed by atoms with van der Waals surface area (Å²) < 4.78 is 0. The van der Waals surface area contributed by atoms with Crippen molar-refractivity contribution in [2.24, 2.45) is 0 Å². The molecule has 0 aliphatic rings. The smallest absolute Gasteiger partial charge is 0.328 e. The van der Waals surface area contributed by atoms with E-state index in [2.05, 4.69) is 0 Å². The van der Waals surface area contributed by atoms with E-state index >= 15 is 0 Å². The number of amides is 4. The molecule has 0 spiro atoms. The van der Waals surface area contributed by atoms with Gasteiger partial charge in [0.05, 0.1) is 22.7 Å². The molecule has 4 aromatic rings. The summed E-state index contributed by atoms with van der Waals surface area (Å²) in [6.45, 7) is 0. The highest BCUT2D eigenvalue weighted by Crippen LogP contribution is 2.29. The summed E-state index contributed by atoms with van der Waals surface area (Å²) in [6.07, 6.45) is 0.737. The molecule has 4 aromatic carbocycles. The van der Waals surface area contributed by atoms with Gasteiger partial charge in [-0.05, 0) is 66.1 Å². The molecular formula is C31H32N4O2. The third-order valence-electron chi connectivity index (χ3n) is 5.97. The van der Waals surface area contributed by atoms with Crippen molar-refractivity contribution in [3.05, 3.63) is 120 Å². The summed E-state index contributed by atoms with van der Waals surface area (Å²) in [5.41, 5.74) is 5.52. The van der Waals surface area contributed by atoms with Crippen molar-refractivity contribution in [1.29, 1.82) is 0 Å². The second-order valence-corrected chi connectivity index (χ2v) is 9.21. The Hall–Kier alpha value is -4.58. The maximum Gasteiger partial charge on any atom is 0.328 e. The second-order valence-electron chi connectivity index (χ2n) is 9.21. The average Bonchev–Trinajstić information content (AvgIpc) is 2.92. The number of urea groups is 2. The molecule has 4 amide bonds. The van der Waals surface area contributed by atoms with Gasteiger partial charge in [0.15, 0.2) is 0 Å². The highest BCUT2D eigenvalue weighted by molar-refractivity contribution is 6.00. The van der Waals surface area contributed by atoms with E-state index in [0.29, 0.717) is 0 Å². The van der Waals surface area contributed by atoms with Gasteiger partial charge in [0.1, 0.15) is 0 Å². The fraction of sp³-hybridized carbons (Fsp3) is 0.161. The minimum atomic E-state index is -0.107. The molecule has 0 N–H and O–H groups in total. The molecular weight excluding hydrogens is 460 g/mol. The van der Waals surface area contributed by atoms with Crippen molar-refractivity contribution < 1.29 is 9.59 Å². The van der Waals surface area contributed by atoms with Crippen LogP contribution >= 0.6 is 0 Å². The van der Waals surface area contributed by atoms with Gasteiger partial charge in [-0.1, -0.05) is 60.7 Å². The Balaban J connectivity index is 1.54. The van der Waals surface area contributed by atoms with Crippen LogP contribution in [0.5, 0.6) is 0 Å². The van der Waals surface area contributed by atoms with Crippen LogP contribution in [0.3, 0.4) is 0 Å². The predicted molar refractivity (Wildman–Crippen MR) is 151 cm³/mol. The first kappa shape index (κ1) is 25.5. The fourth-order valence-electron chi connectivity index (χ4n) is 4.06. The molecule has 6 nitrogen and oxygen atoms in total. The normalized spacial score (nSPS) is 10.5. The summed E-state index contributed by atoms with van der Waals surface area (Å²) in [7, 11) is 7.01. The molecule has 0 unspecified atom stereocenters. The number of para-hydroxylation sites is 2.